The van der Waals surface area contributed by atoms with E-state index in [0.29, 0.717) is 5.92 Å². The van der Waals surface area contributed by atoms with Gasteiger partial charge in [-0.25, -0.2) is 4.98 Å². The Balaban J connectivity index is 1.12. The monoisotopic (exact) mass is 493 g/mol. The van der Waals surface area contributed by atoms with Gasteiger partial charge in [0.15, 0.2) is 5.65 Å². The van der Waals surface area contributed by atoms with Crippen LogP contribution >= 0.6 is 0 Å². The Morgan fingerprint density at radius 1 is 0.973 bits per heavy atom. The number of aromatic hydroxyl groups is 1. The molecule has 4 aromatic rings. The molecule has 1 saturated carbocycles. The molecule has 1 saturated heterocycles. The van der Waals surface area contributed by atoms with Crippen LogP contribution in [0.15, 0.2) is 66.9 Å². The number of hydrogen-bond donors (Lipinski definition) is 2. The van der Waals surface area contributed by atoms with E-state index in [4.69, 9.17) is 4.98 Å². The highest BCUT2D eigenvalue weighted by Crippen LogP contribution is 2.36. The zero-order valence-electron chi connectivity index (χ0n) is 21.7. The van der Waals surface area contributed by atoms with E-state index >= 15 is 0 Å². The summed E-state index contributed by atoms with van der Waals surface area (Å²) in [4.78, 5) is 7.58. The van der Waals surface area contributed by atoms with Crippen LogP contribution in [-0.4, -0.2) is 58.1 Å². The molecule has 1 aliphatic carbocycles. The predicted octanol–water partition coefficient (Wildman–Crippen LogP) is 4.21. The van der Waals surface area contributed by atoms with Crippen LogP contribution in [0.4, 0.5) is 5.82 Å². The molecule has 0 spiro atoms. The lowest BCUT2D eigenvalue weighted by Gasteiger charge is -2.41. The number of fused-ring (bicyclic) bond motifs is 1. The van der Waals surface area contributed by atoms with Crippen molar-refractivity contribution in [2.24, 2.45) is 5.92 Å². The van der Waals surface area contributed by atoms with E-state index in [-0.39, 0.29) is 5.75 Å². The SMILES string of the molecule is Bc1cnn2c(NCC3CCCN(C4CCC(c5ccccc5)CC4)C3)cc(-c3ccccc3O)nc12. The number of likely N-dealkylation sites (tertiary alicyclic amines) is 1. The Labute approximate surface area is 220 Å². The molecule has 1 unspecified atom stereocenters. The summed E-state index contributed by atoms with van der Waals surface area (Å²) in [5.74, 6) is 2.50. The van der Waals surface area contributed by atoms with Gasteiger partial charge in [0.25, 0.3) is 0 Å². The van der Waals surface area contributed by atoms with Gasteiger partial charge in [-0.1, -0.05) is 42.5 Å². The summed E-state index contributed by atoms with van der Waals surface area (Å²) in [5.41, 5.74) is 4.86. The minimum absolute atomic E-state index is 0.243. The first-order valence-electron chi connectivity index (χ1n) is 13.8. The Kier molecular flexibility index (Phi) is 6.88. The van der Waals surface area contributed by atoms with Gasteiger partial charge in [0.2, 0.25) is 0 Å². The van der Waals surface area contributed by atoms with Gasteiger partial charge in [-0.3, -0.25) is 0 Å². The number of nitrogens with one attached hydrogen (secondary N) is 1. The Morgan fingerprint density at radius 2 is 1.76 bits per heavy atom. The summed E-state index contributed by atoms with van der Waals surface area (Å²) in [6.07, 6.45) is 9.59. The van der Waals surface area contributed by atoms with Crippen molar-refractivity contribution >= 4 is 24.8 Å². The van der Waals surface area contributed by atoms with Crippen molar-refractivity contribution in [1.82, 2.24) is 19.5 Å². The third-order valence-electron chi connectivity index (χ3n) is 8.43. The fraction of sp³-hybridized carbons (Fsp3) is 0.400. The lowest BCUT2D eigenvalue weighted by molar-refractivity contribution is 0.0979. The second-order valence-electron chi connectivity index (χ2n) is 10.9. The van der Waals surface area contributed by atoms with Crippen molar-refractivity contribution in [2.75, 3.05) is 25.0 Å². The summed E-state index contributed by atoms with van der Waals surface area (Å²) < 4.78 is 1.89. The summed E-state index contributed by atoms with van der Waals surface area (Å²) in [6.45, 7) is 3.30. The number of nitrogens with zero attached hydrogens (tertiary/aromatic N) is 4. The molecule has 6 nitrogen and oxygen atoms in total. The number of para-hydroxylation sites is 1. The van der Waals surface area contributed by atoms with Gasteiger partial charge in [-0.05, 0) is 80.1 Å². The van der Waals surface area contributed by atoms with Gasteiger partial charge in [0, 0.05) is 37.0 Å². The number of phenols is 1. The molecule has 2 fully saturated rings. The highest BCUT2D eigenvalue weighted by molar-refractivity contribution is 6.36. The number of benzene rings is 2. The van der Waals surface area contributed by atoms with Gasteiger partial charge in [-0.15, -0.1) is 0 Å². The molecule has 1 atom stereocenters. The summed E-state index contributed by atoms with van der Waals surface area (Å²) in [5, 5.41) is 18.7. The number of piperidine rings is 1. The van der Waals surface area contributed by atoms with E-state index in [1.165, 1.54) is 50.6 Å². The lowest BCUT2D eigenvalue weighted by Crippen LogP contribution is -2.45. The first-order valence-corrected chi connectivity index (χ1v) is 13.8. The normalized spacial score (nSPS) is 22.8. The smallest absolute Gasteiger partial charge is 0.151 e. The molecule has 2 aromatic heterocycles. The quantitative estimate of drug-likeness (QED) is 0.394. The van der Waals surface area contributed by atoms with Crippen molar-refractivity contribution in [3.05, 3.63) is 72.4 Å². The van der Waals surface area contributed by atoms with E-state index in [0.717, 1.165) is 53.2 Å². The molecule has 37 heavy (non-hydrogen) atoms. The fourth-order valence-corrected chi connectivity index (χ4v) is 6.37. The van der Waals surface area contributed by atoms with Gasteiger partial charge in [-0.2, -0.15) is 9.61 Å². The predicted molar refractivity (Wildman–Crippen MR) is 152 cm³/mol. The summed E-state index contributed by atoms with van der Waals surface area (Å²) >= 11 is 0. The highest BCUT2D eigenvalue weighted by atomic mass is 16.3. The maximum absolute atomic E-state index is 10.4. The molecule has 6 rings (SSSR count). The molecule has 0 radical (unpaired) electrons. The highest BCUT2D eigenvalue weighted by Gasteiger charge is 2.30. The maximum Gasteiger partial charge on any atom is 0.151 e. The van der Waals surface area contributed by atoms with Crippen molar-refractivity contribution in [3.63, 3.8) is 0 Å². The third-order valence-corrected chi connectivity index (χ3v) is 8.43. The maximum atomic E-state index is 10.4. The number of hydrogen-bond acceptors (Lipinski definition) is 5. The molecule has 2 aliphatic rings. The van der Waals surface area contributed by atoms with Gasteiger partial charge in [0.1, 0.15) is 19.4 Å². The molecular weight excluding hydrogens is 457 g/mol. The number of phenolic OH excluding ortho intramolecular Hbond substituents is 1. The molecule has 0 bridgehead atoms. The minimum Gasteiger partial charge on any atom is -0.507 e. The Morgan fingerprint density at radius 3 is 2.57 bits per heavy atom. The van der Waals surface area contributed by atoms with Crippen molar-refractivity contribution in [2.45, 2.75) is 50.5 Å². The minimum atomic E-state index is 0.243. The van der Waals surface area contributed by atoms with Crippen molar-refractivity contribution in [1.29, 1.82) is 0 Å². The molecular formula is C30H36BN5O. The van der Waals surface area contributed by atoms with Crippen LogP contribution in [-0.2, 0) is 0 Å². The number of rotatable bonds is 6. The van der Waals surface area contributed by atoms with Crippen LogP contribution in [0.25, 0.3) is 16.9 Å². The van der Waals surface area contributed by atoms with Crippen LogP contribution in [0.3, 0.4) is 0 Å². The second-order valence-corrected chi connectivity index (χ2v) is 10.9. The Hall–Kier alpha value is -3.32. The van der Waals surface area contributed by atoms with Crippen LogP contribution in [0.2, 0.25) is 0 Å². The average molecular weight is 493 g/mol. The van der Waals surface area contributed by atoms with Gasteiger partial charge in [0.05, 0.1) is 5.69 Å². The largest absolute Gasteiger partial charge is 0.507 e. The van der Waals surface area contributed by atoms with Gasteiger partial charge >= 0.3 is 0 Å². The Bertz CT molecular complexity index is 1350. The van der Waals surface area contributed by atoms with Crippen LogP contribution in [0, 0.1) is 5.92 Å². The summed E-state index contributed by atoms with van der Waals surface area (Å²) in [7, 11) is 2.03. The van der Waals surface area contributed by atoms with E-state index < -0.39 is 0 Å². The molecule has 2 N–H and O–H groups in total. The average Bonchev–Trinajstić information content (AvgIpc) is 3.33. The van der Waals surface area contributed by atoms with Gasteiger partial charge < -0.3 is 15.3 Å². The molecule has 7 heteroatoms. The summed E-state index contributed by atoms with van der Waals surface area (Å²) in [6, 6.07) is 21.2. The molecule has 2 aromatic carbocycles. The molecule has 3 heterocycles. The van der Waals surface area contributed by atoms with Crippen molar-refractivity contribution in [3.8, 4) is 17.0 Å². The number of aromatic nitrogens is 3. The van der Waals surface area contributed by atoms with E-state index in [1.807, 2.05) is 42.8 Å². The van der Waals surface area contributed by atoms with Crippen LogP contribution in [0.5, 0.6) is 5.75 Å². The standard InChI is InChI=1S/C30H36BN5O/c31-26-19-33-36-29(17-27(34-30(26)36)25-10-4-5-11-28(25)37)32-18-21-7-6-16-35(20-21)24-14-12-23(13-15-24)22-8-2-1-3-9-22/h1-5,8-11,17,19,21,23-24,32,37H,6-7,12-16,18,20,31H2. The molecule has 1 aliphatic heterocycles. The van der Waals surface area contributed by atoms with Crippen LogP contribution in [0.1, 0.15) is 50.0 Å². The lowest BCUT2D eigenvalue weighted by atomic mass is 9.80. The van der Waals surface area contributed by atoms with E-state index in [9.17, 15) is 5.11 Å². The third kappa shape index (κ3) is 5.10. The van der Waals surface area contributed by atoms with E-state index in [1.54, 1.807) is 6.07 Å². The van der Waals surface area contributed by atoms with Crippen LogP contribution < -0.4 is 10.8 Å². The zero-order chi connectivity index (χ0) is 25.2. The molecule has 190 valence electrons. The van der Waals surface area contributed by atoms with E-state index in [2.05, 4.69) is 45.6 Å². The second kappa shape index (κ2) is 10.6. The van der Waals surface area contributed by atoms with Crippen molar-refractivity contribution < 1.29 is 5.11 Å². The first kappa shape index (κ1) is 24.0. The fourth-order valence-electron chi connectivity index (χ4n) is 6.37. The number of anilines is 1. The first-order chi connectivity index (χ1) is 18.2. The zero-order valence-corrected chi connectivity index (χ0v) is 21.7. The molecule has 0 amide bonds. The topological polar surface area (TPSA) is 65.7 Å².